The fraction of sp³-hybridized carbons (Fsp3) is 0.727. The number of Topliss-reactive ketones (excluding diaryl/α,β-unsaturated/α-hetero) is 1. The van der Waals surface area contributed by atoms with Gasteiger partial charge >= 0.3 is 0 Å². The molecule has 0 aliphatic carbocycles. The summed E-state index contributed by atoms with van der Waals surface area (Å²) in [5, 5.41) is 0. The molecule has 13 heavy (non-hydrogen) atoms. The molecule has 2 heteroatoms. The molecule has 0 saturated heterocycles. The number of ketones is 1. The Kier molecular flexibility index (Phi) is 7.60. The van der Waals surface area contributed by atoms with E-state index in [0.717, 1.165) is 25.0 Å². The molecule has 0 rings (SSSR count). The van der Waals surface area contributed by atoms with Crippen molar-refractivity contribution in [2.24, 2.45) is 0 Å². The molecular formula is C11H20O2. The number of ether oxygens (including phenoxy) is 1. The van der Waals surface area contributed by atoms with Crippen LogP contribution in [0.25, 0.3) is 0 Å². The Morgan fingerprint density at radius 1 is 1.38 bits per heavy atom. The maximum absolute atomic E-state index is 11.3. The number of allylic oxidation sites excluding steroid dienone is 1. The topological polar surface area (TPSA) is 26.3 Å². The lowest BCUT2D eigenvalue weighted by Gasteiger charge is -2.02. The third-order valence-corrected chi connectivity index (χ3v) is 1.90. The standard InChI is InChI=1S/C11H20O2/c1-4-10(3)9-11(12)7-6-8-13-5-2/h3-9H2,1-2H3. The van der Waals surface area contributed by atoms with Gasteiger partial charge in [-0.15, -0.1) is 0 Å². The van der Waals surface area contributed by atoms with Crippen LogP contribution in [0.1, 0.15) is 39.5 Å². The van der Waals surface area contributed by atoms with Gasteiger partial charge in [-0.25, -0.2) is 0 Å². The SMILES string of the molecule is C=C(CC)CC(=O)CCCOCC. The third-order valence-electron chi connectivity index (χ3n) is 1.90. The third kappa shape index (κ3) is 7.72. The maximum atomic E-state index is 11.3. The van der Waals surface area contributed by atoms with Crippen molar-refractivity contribution in [1.29, 1.82) is 0 Å². The number of rotatable bonds is 8. The van der Waals surface area contributed by atoms with Crippen LogP contribution in [0.3, 0.4) is 0 Å². The number of carbonyl (C=O) groups excluding carboxylic acids is 1. The molecule has 2 nitrogen and oxygen atoms in total. The van der Waals surface area contributed by atoms with Gasteiger partial charge in [0.15, 0.2) is 0 Å². The molecule has 0 aromatic heterocycles. The van der Waals surface area contributed by atoms with Crippen LogP contribution in [0.5, 0.6) is 0 Å². The van der Waals surface area contributed by atoms with E-state index in [4.69, 9.17) is 4.74 Å². The largest absolute Gasteiger partial charge is 0.382 e. The average molecular weight is 184 g/mol. The van der Waals surface area contributed by atoms with Gasteiger partial charge in [-0.1, -0.05) is 19.1 Å². The van der Waals surface area contributed by atoms with Crippen LogP contribution < -0.4 is 0 Å². The highest BCUT2D eigenvalue weighted by molar-refractivity contribution is 5.80. The predicted molar refractivity (Wildman–Crippen MR) is 54.8 cm³/mol. The van der Waals surface area contributed by atoms with E-state index < -0.39 is 0 Å². The zero-order valence-electron chi connectivity index (χ0n) is 8.77. The molecule has 0 aliphatic heterocycles. The lowest BCUT2D eigenvalue weighted by atomic mass is 10.1. The highest BCUT2D eigenvalue weighted by Gasteiger charge is 2.02. The van der Waals surface area contributed by atoms with Crippen molar-refractivity contribution in [3.63, 3.8) is 0 Å². The summed E-state index contributed by atoms with van der Waals surface area (Å²) in [6, 6.07) is 0. The molecule has 0 saturated carbocycles. The second-order valence-electron chi connectivity index (χ2n) is 3.12. The van der Waals surface area contributed by atoms with Gasteiger partial charge in [0, 0.05) is 26.1 Å². The van der Waals surface area contributed by atoms with Crippen LogP contribution in [-0.2, 0) is 9.53 Å². The Hall–Kier alpha value is -0.630. The first-order valence-electron chi connectivity index (χ1n) is 4.96. The smallest absolute Gasteiger partial charge is 0.137 e. The lowest BCUT2D eigenvalue weighted by molar-refractivity contribution is -0.118. The average Bonchev–Trinajstić information content (AvgIpc) is 2.12. The molecule has 0 N–H and O–H groups in total. The number of hydrogen-bond donors (Lipinski definition) is 0. The van der Waals surface area contributed by atoms with Crippen molar-refractivity contribution in [3.8, 4) is 0 Å². The van der Waals surface area contributed by atoms with Gasteiger partial charge in [0.05, 0.1) is 0 Å². The van der Waals surface area contributed by atoms with E-state index in [0.29, 0.717) is 19.4 Å². The highest BCUT2D eigenvalue weighted by atomic mass is 16.5. The molecule has 0 fully saturated rings. The monoisotopic (exact) mass is 184 g/mol. The van der Waals surface area contributed by atoms with Gasteiger partial charge in [0.2, 0.25) is 0 Å². The summed E-state index contributed by atoms with van der Waals surface area (Å²) in [7, 11) is 0. The lowest BCUT2D eigenvalue weighted by Crippen LogP contribution is -2.02. The first kappa shape index (κ1) is 12.4. The van der Waals surface area contributed by atoms with E-state index >= 15 is 0 Å². The fourth-order valence-electron chi connectivity index (χ4n) is 1.01. The molecule has 0 unspecified atom stereocenters. The van der Waals surface area contributed by atoms with Gasteiger partial charge in [-0.2, -0.15) is 0 Å². The Bertz CT molecular complexity index is 161. The molecule has 0 aromatic carbocycles. The Balaban J connectivity index is 3.35. The second kappa shape index (κ2) is 7.99. The first-order chi connectivity index (χ1) is 6.20. The summed E-state index contributed by atoms with van der Waals surface area (Å²) < 4.78 is 5.14. The van der Waals surface area contributed by atoms with Crippen LogP contribution in [0.4, 0.5) is 0 Å². The Morgan fingerprint density at radius 2 is 2.08 bits per heavy atom. The summed E-state index contributed by atoms with van der Waals surface area (Å²) >= 11 is 0. The van der Waals surface area contributed by atoms with Gasteiger partial charge in [-0.3, -0.25) is 4.79 Å². The van der Waals surface area contributed by atoms with Crippen LogP contribution in [0, 0.1) is 0 Å². The van der Waals surface area contributed by atoms with Crippen molar-refractivity contribution in [3.05, 3.63) is 12.2 Å². The maximum Gasteiger partial charge on any atom is 0.137 e. The van der Waals surface area contributed by atoms with E-state index in [-0.39, 0.29) is 5.78 Å². The highest BCUT2D eigenvalue weighted by Crippen LogP contribution is 2.06. The van der Waals surface area contributed by atoms with Crippen LogP contribution in [0.2, 0.25) is 0 Å². The molecule has 0 atom stereocenters. The second-order valence-corrected chi connectivity index (χ2v) is 3.12. The van der Waals surface area contributed by atoms with Gasteiger partial charge < -0.3 is 4.74 Å². The summed E-state index contributed by atoms with van der Waals surface area (Å²) in [5.41, 5.74) is 1.03. The van der Waals surface area contributed by atoms with Crippen molar-refractivity contribution in [2.45, 2.75) is 39.5 Å². The molecule has 0 aliphatic rings. The van der Waals surface area contributed by atoms with Crippen LogP contribution in [0.15, 0.2) is 12.2 Å². The van der Waals surface area contributed by atoms with E-state index in [2.05, 4.69) is 6.58 Å². The molecule has 0 aromatic rings. The molecule has 0 heterocycles. The van der Waals surface area contributed by atoms with Crippen molar-refractivity contribution in [1.82, 2.24) is 0 Å². The minimum absolute atomic E-state index is 0.284. The van der Waals surface area contributed by atoms with Crippen molar-refractivity contribution in [2.75, 3.05) is 13.2 Å². The van der Waals surface area contributed by atoms with Crippen LogP contribution >= 0.6 is 0 Å². The number of carbonyl (C=O) groups is 1. The van der Waals surface area contributed by atoms with E-state index in [1.165, 1.54) is 0 Å². The summed E-state index contributed by atoms with van der Waals surface area (Å²) in [6.45, 7) is 9.22. The Labute approximate surface area is 81.0 Å². The zero-order valence-corrected chi connectivity index (χ0v) is 8.77. The molecular weight excluding hydrogens is 164 g/mol. The van der Waals surface area contributed by atoms with Crippen molar-refractivity contribution < 1.29 is 9.53 Å². The summed E-state index contributed by atoms with van der Waals surface area (Å²) in [5.74, 6) is 0.284. The van der Waals surface area contributed by atoms with Gasteiger partial charge in [0.25, 0.3) is 0 Å². The van der Waals surface area contributed by atoms with Crippen molar-refractivity contribution >= 4 is 5.78 Å². The summed E-state index contributed by atoms with van der Waals surface area (Å²) in [6.07, 6.45) is 2.91. The molecule has 0 amide bonds. The van der Waals surface area contributed by atoms with E-state index in [1.54, 1.807) is 0 Å². The summed E-state index contributed by atoms with van der Waals surface area (Å²) in [4.78, 5) is 11.3. The van der Waals surface area contributed by atoms with Gasteiger partial charge in [0.1, 0.15) is 5.78 Å². The molecule has 0 spiro atoms. The predicted octanol–water partition coefficient (Wildman–Crippen LogP) is 2.73. The fourth-order valence-corrected chi connectivity index (χ4v) is 1.01. The number of hydrogen-bond acceptors (Lipinski definition) is 2. The quantitative estimate of drug-likeness (QED) is 0.428. The first-order valence-corrected chi connectivity index (χ1v) is 4.96. The molecule has 0 bridgehead atoms. The van der Waals surface area contributed by atoms with E-state index in [9.17, 15) is 4.79 Å². The minimum atomic E-state index is 0.284. The molecule has 76 valence electrons. The Morgan fingerprint density at radius 3 is 2.62 bits per heavy atom. The van der Waals surface area contributed by atoms with E-state index in [1.807, 2.05) is 13.8 Å². The molecule has 0 radical (unpaired) electrons. The minimum Gasteiger partial charge on any atom is -0.382 e. The zero-order chi connectivity index (χ0) is 10.1. The van der Waals surface area contributed by atoms with Crippen LogP contribution in [-0.4, -0.2) is 19.0 Å². The normalized spacial score (nSPS) is 10.0. The van der Waals surface area contributed by atoms with Gasteiger partial charge in [-0.05, 0) is 19.8 Å².